The van der Waals surface area contributed by atoms with Crippen LogP contribution in [0.3, 0.4) is 0 Å². The van der Waals surface area contributed by atoms with Crippen LogP contribution in [-0.4, -0.2) is 33.4 Å². The summed E-state index contributed by atoms with van der Waals surface area (Å²) in [6.45, 7) is 6.05. The molecule has 2 N–H and O–H groups in total. The van der Waals surface area contributed by atoms with Crippen LogP contribution in [0.25, 0.3) is 5.69 Å². The Kier molecular flexibility index (Phi) is 6.97. The van der Waals surface area contributed by atoms with Gasteiger partial charge in [0.2, 0.25) is 5.88 Å². The lowest BCUT2D eigenvalue weighted by atomic mass is 9.97. The Labute approximate surface area is 185 Å². The summed E-state index contributed by atoms with van der Waals surface area (Å²) in [6, 6.07) is 13.6. The Morgan fingerprint density at radius 1 is 1.19 bits per heavy atom. The minimum atomic E-state index is -1.01. The van der Waals surface area contributed by atoms with E-state index >= 15 is 0 Å². The minimum absolute atomic E-state index is 0.100. The molecule has 1 aromatic heterocycles. The molecule has 0 spiro atoms. The molecule has 0 radical (unpaired) electrons. The molecule has 0 saturated heterocycles. The standard InChI is InChI=1S/C23H24ClN3O4/c1-4-31-21-12-19(26-27(21)20-8-6-5-7-17(20)24)23(30)25-18(13-22(28)29)16-10-9-14(2)11-15(16)3/h5-12,18H,4,13H2,1-3H3,(H,25,30)(H,28,29). The van der Waals surface area contributed by atoms with Gasteiger partial charge in [0, 0.05) is 6.07 Å². The number of rotatable bonds is 8. The van der Waals surface area contributed by atoms with Crippen LogP contribution >= 0.6 is 11.6 Å². The molecule has 2 aromatic carbocycles. The lowest BCUT2D eigenvalue weighted by Crippen LogP contribution is -2.31. The average molecular weight is 442 g/mol. The second kappa shape index (κ2) is 9.66. The fourth-order valence-electron chi connectivity index (χ4n) is 3.38. The van der Waals surface area contributed by atoms with Crippen LogP contribution in [-0.2, 0) is 4.79 Å². The van der Waals surface area contributed by atoms with Crippen LogP contribution < -0.4 is 10.1 Å². The monoisotopic (exact) mass is 441 g/mol. The van der Waals surface area contributed by atoms with Crippen molar-refractivity contribution < 1.29 is 19.4 Å². The van der Waals surface area contributed by atoms with Gasteiger partial charge in [-0.05, 0) is 44.0 Å². The molecule has 8 heteroatoms. The molecule has 7 nitrogen and oxygen atoms in total. The van der Waals surface area contributed by atoms with Gasteiger partial charge >= 0.3 is 5.97 Å². The third-order valence-electron chi connectivity index (χ3n) is 4.77. The molecule has 0 aliphatic carbocycles. The van der Waals surface area contributed by atoms with Crippen LogP contribution in [0.4, 0.5) is 0 Å². The van der Waals surface area contributed by atoms with Gasteiger partial charge in [-0.2, -0.15) is 9.78 Å². The van der Waals surface area contributed by atoms with Crippen molar-refractivity contribution in [3.8, 4) is 11.6 Å². The number of ether oxygens (including phenoxy) is 1. The number of para-hydroxylation sites is 1. The van der Waals surface area contributed by atoms with Crippen molar-refractivity contribution in [2.45, 2.75) is 33.2 Å². The van der Waals surface area contributed by atoms with E-state index in [1.165, 1.54) is 10.7 Å². The maximum Gasteiger partial charge on any atom is 0.305 e. The van der Waals surface area contributed by atoms with Crippen LogP contribution in [0.2, 0.25) is 5.02 Å². The van der Waals surface area contributed by atoms with Gasteiger partial charge in [-0.15, -0.1) is 0 Å². The van der Waals surface area contributed by atoms with Gasteiger partial charge in [0.25, 0.3) is 5.91 Å². The van der Waals surface area contributed by atoms with Crippen molar-refractivity contribution in [3.63, 3.8) is 0 Å². The number of aromatic nitrogens is 2. The van der Waals surface area contributed by atoms with Crippen molar-refractivity contribution in [2.24, 2.45) is 0 Å². The Morgan fingerprint density at radius 3 is 2.58 bits per heavy atom. The van der Waals surface area contributed by atoms with Crippen molar-refractivity contribution >= 4 is 23.5 Å². The molecule has 0 saturated carbocycles. The molecule has 1 atom stereocenters. The number of carboxylic acid groups (broad SMARTS) is 1. The number of nitrogens with one attached hydrogen (secondary N) is 1. The largest absolute Gasteiger partial charge is 0.481 e. The first-order chi connectivity index (χ1) is 14.8. The number of carbonyl (C=O) groups excluding carboxylic acids is 1. The summed E-state index contributed by atoms with van der Waals surface area (Å²) in [7, 11) is 0. The number of benzene rings is 2. The van der Waals surface area contributed by atoms with Gasteiger partial charge in [0.1, 0.15) is 0 Å². The molecule has 1 heterocycles. The molecule has 0 aliphatic heterocycles. The van der Waals surface area contributed by atoms with Gasteiger partial charge in [-0.3, -0.25) is 9.59 Å². The lowest BCUT2D eigenvalue weighted by molar-refractivity contribution is -0.137. The summed E-state index contributed by atoms with van der Waals surface area (Å²) in [6.07, 6.45) is -0.251. The molecule has 3 rings (SSSR count). The van der Waals surface area contributed by atoms with E-state index in [1.54, 1.807) is 24.3 Å². The minimum Gasteiger partial charge on any atom is -0.481 e. The third-order valence-corrected chi connectivity index (χ3v) is 5.09. The van der Waals surface area contributed by atoms with Crippen molar-refractivity contribution in [3.05, 3.63) is 75.9 Å². The zero-order valence-electron chi connectivity index (χ0n) is 17.6. The molecule has 0 fully saturated rings. The van der Waals surface area contributed by atoms with Gasteiger partial charge in [0.15, 0.2) is 5.69 Å². The number of hydrogen-bond acceptors (Lipinski definition) is 4. The van der Waals surface area contributed by atoms with Gasteiger partial charge in [-0.25, -0.2) is 0 Å². The molecule has 1 amide bonds. The first kappa shape index (κ1) is 22.4. The molecule has 31 heavy (non-hydrogen) atoms. The van der Waals surface area contributed by atoms with E-state index in [2.05, 4.69) is 10.4 Å². The van der Waals surface area contributed by atoms with Crippen molar-refractivity contribution in [1.82, 2.24) is 15.1 Å². The number of amides is 1. The van der Waals surface area contributed by atoms with E-state index < -0.39 is 17.9 Å². The summed E-state index contributed by atoms with van der Waals surface area (Å²) < 4.78 is 7.09. The average Bonchev–Trinajstić information content (AvgIpc) is 3.12. The zero-order chi connectivity index (χ0) is 22.5. The molecular weight excluding hydrogens is 418 g/mol. The number of aliphatic carboxylic acids is 1. The molecule has 3 aromatic rings. The lowest BCUT2D eigenvalue weighted by Gasteiger charge is -2.19. The third kappa shape index (κ3) is 5.24. The van der Waals surface area contributed by atoms with E-state index in [0.29, 0.717) is 23.2 Å². The topological polar surface area (TPSA) is 93.4 Å². The van der Waals surface area contributed by atoms with Gasteiger partial charge in [0.05, 0.1) is 29.8 Å². The maximum atomic E-state index is 13.0. The summed E-state index contributed by atoms with van der Waals surface area (Å²) in [5.74, 6) is -1.15. The van der Waals surface area contributed by atoms with Gasteiger partial charge in [-0.1, -0.05) is 47.5 Å². The van der Waals surface area contributed by atoms with Crippen LogP contribution in [0.15, 0.2) is 48.5 Å². The predicted molar refractivity (Wildman–Crippen MR) is 118 cm³/mol. The Hall–Kier alpha value is -3.32. The van der Waals surface area contributed by atoms with E-state index in [4.69, 9.17) is 16.3 Å². The van der Waals surface area contributed by atoms with Crippen LogP contribution in [0.5, 0.6) is 5.88 Å². The SMILES string of the molecule is CCOc1cc(C(=O)NC(CC(=O)O)c2ccc(C)cc2C)nn1-c1ccccc1Cl. The van der Waals surface area contributed by atoms with Crippen molar-refractivity contribution in [2.75, 3.05) is 6.61 Å². The number of aryl methyl sites for hydroxylation is 2. The zero-order valence-corrected chi connectivity index (χ0v) is 18.3. The molecular formula is C23H24ClN3O4. The Morgan fingerprint density at radius 2 is 1.94 bits per heavy atom. The van der Waals surface area contributed by atoms with E-state index in [9.17, 15) is 14.7 Å². The summed E-state index contributed by atoms with van der Waals surface area (Å²) in [5, 5.41) is 17.0. The Balaban J connectivity index is 1.94. The highest BCUT2D eigenvalue weighted by Gasteiger charge is 2.24. The smallest absolute Gasteiger partial charge is 0.305 e. The number of halogens is 1. The summed E-state index contributed by atoms with van der Waals surface area (Å²) in [4.78, 5) is 24.4. The molecule has 0 aliphatic rings. The number of hydrogen-bond donors (Lipinski definition) is 2. The highest BCUT2D eigenvalue weighted by Crippen LogP contribution is 2.27. The Bertz CT molecular complexity index is 1110. The second-order valence-corrected chi connectivity index (χ2v) is 7.56. The first-order valence-corrected chi connectivity index (χ1v) is 10.3. The highest BCUT2D eigenvalue weighted by atomic mass is 35.5. The van der Waals surface area contributed by atoms with Gasteiger partial charge < -0.3 is 15.2 Å². The molecule has 1 unspecified atom stereocenters. The summed E-state index contributed by atoms with van der Waals surface area (Å²) >= 11 is 6.29. The van der Waals surface area contributed by atoms with Crippen molar-refractivity contribution in [1.29, 1.82) is 0 Å². The fraction of sp³-hybridized carbons (Fsp3) is 0.261. The van der Waals surface area contributed by atoms with Crippen LogP contribution in [0.1, 0.15) is 46.6 Å². The second-order valence-electron chi connectivity index (χ2n) is 7.15. The number of carboxylic acids is 1. The maximum absolute atomic E-state index is 13.0. The molecule has 0 bridgehead atoms. The normalized spacial score (nSPS) is 11.7. The van der Waals surface area contributed by atoms with Crippen LogP contribution in [0, 0.1) is 13.8 Å². The highest BCUT2D eigenvalue weighted by molar-refractivity contribution is 6.32. The summed E-state index contributed by atoms with van der Waals surface area (Å²) in [5.41, 5.74) is 3.38. The number of carbonyl (C=O) groups is 2. The van der Waals surface area contributed by atoms with E-state index in [1.807, 2.05) is 39.0 Å². The molecule has 162 valence electrons. The predicted octanol–water partition coefficient (Wildman–Crippen LogP) is 4.49. The first-order valence-electron chi connectivity index (χ1n) is 9.87. The van der Waals surface area contributed by atoms with E-state index in [-0.39, 0.29) is 12.1 Å². The number of nitrogens with zero attached hydrogens (tertiary/aromatic N) is 2. The fourth-order valence-corrected chi connectivity index (χ4v) is 3.60. The van der Waals surface area contributed by atoms with E-state index in [0.717, 1.165) is 16.7 Å². The quantitative estimate of drug-likeness (QED) is 0.537.